The number of hydrogen-bond acceptors (Lipinski definition) is 2. The maximum Gasteiger partial charge on any atom is 0.515 e. The van der Waals surface area contributed by atoms with Crippen LogP contribution >= 0.6 is 6.72 Å². The van der Waals surface area contributed by atoms with Crippen molar-refractivity contribution in [2.45, 2.75) is 0 Å². The Hall–Kier alpha value is -0.0400. The lowest BCUT2D eigenvalue weighted by Gasteiger charge is -1.95. The lowest BCUT2D eigenvalue weighted by Crippen LogP contribution is -2.32. The monoisotopic (exact) mass is 215 g/mol. The molecular formula is C4H12N2O4PS+. The molecule has 6 nitrogen and oxygen atoms in total. The van der Waals surface area contributed by atoms with Crippen molar-refractivity contribution in [3.63, 3.8) is 0 Å². The third-order valence-electron chi connectivity index (χ3n) is 0.874. The Morgan fingerprint density at radius 3 is 2.50 bits per heavy atom. The number of carbonyl (C=O) groups excluding carboxylic acids is 1. The predicted octanol–water partition coefficient (Wildman–Crippen LogP) is -2.20. The lowest BCUT2D eigenvalue weighted by molar-refractivity contribution is -0.119. The van der Waals surface area contributed by atoms with Crippen LogP contribution in [0.2, 0.25) is 0 Å². The third-order valence-corrected chi connectivity index (χ3v) is 3.19. The van der Waals surface area contributed by atoms with E-state index >= 15 is 0 Å². The van der Waals surface area contributed by atoms with Gasteiger partial charge < -0.3 is 11.1 Å². The van der Waals surface area contributed by atoms with Crippen LogP contribution in [0.25, 0.3) is 0 Å². The fourth-order valence-corrected chi connectivity index (χ4v) is 1.88. The average Bonchev–Trinajstić information content (AvgIpc) is 1.96. The molecule has 1 amide bonds. The van der Waals surface area contributed by atoms with Gasteiger partial charge in [0, 0.05) is 0 Å². The first-order chi connectivity index (χ1) is 5.45. The summed E-state index contributed by atoms with van der Waals surface area (Å²) >= 11 is 0. The summed E-state index contributed by atoms with van der Waals surface area (Å²) in [6.45, 7) is -3.59. The maximum atomic E-state index is 10.5. The molecule has 0 spiro atoms. The van der Waals surface area contributed by atoms with Crippen molar-refractivity contribution in [2.24, 2.45) is 5.73 Å². The number of rotatable bonds is 4. The second-order valence-corrected chi connectivity index (χ2v) is 5.84. The summed E-state index contributed by atoms with van der Waals surface area (Å²) in [7, 11) is 0.608. The van der Waals surface area contributed by atoms with E-state index in [2.05, 4.69) is 5.32 Å². The van der Waals surface area contributed by atoms with Crippen LogP contribution in [0.5, 0.6) is 0 Å². The maximum absolute atomic E-state index is 10.5. The highest BCUT2D eigenvalue weighted by Gasteiger charge is 2.17. The van der Waals surface area contributed by atoms with Gasteiger partial charge in [-0.25, -0.2) is 0 Å². The molecule has 0 aliphatic carbocycles. The van der Waals surface area contributed by atoms with E-state index < -0.39 is 6.72 Å². The van der Waals surface area contributed by atoms with E-state index in [0.717, 1.165) is 0 Å². The molecule has 8 heteroatoms. The molecule has 0 unspecified atom stereocenters. The molecule has 0 bridgehead atoms. The molecular weight excluding hydrogens is 203 g/mol. The molecule has 12 heavy (non-hydrogen) atoms. The van der Waals surface area contributed by atoms with Crippen LogP contribution in [0.1, 0.15) is 0 Å². The summed E-state index contributed by atoms with van der Waals surface area (Å²) in [6, 6.07) is 0. The largest absolute Gasteiger partial charge is 0.515 e. The summed E-state index contributed by atoms with van der Waals surface area (Å²) < 4.78 is 0. The molecule has 0 saturated heterocycles. The predicted molar refractivity (Wildman–Crippen MR) is 47.9 cm³/mol. The van der Waals surface area contributed by atoms with Crippen molar-refractivity contribution in [2.75, 3.05) is 18.8 Å². The quantitative estimate of drug-likeness (QED) is 0.207. The lowest BCUT2D eigenvalue weighted by atomic mass is 10.6. The van der Waals surface area contributed by atoms with Crippen LogP contribution in [-0.4, -0.2) is 39.4 Å². The Labute approximate surface area is 73.6 Å². The van der Waals surface area contributed by atoms with Gasteiger partial charge in [0.05, 0.1) is 13.1 Å². The minimum atomic E-state index is -3.75. The van der Waals surface area contributed by atoms with Crippen molar-refractivity contribution >= 4 is 23.6 Å². The van der Waals surface area contributed by atoms with Gasteiger partial charge in [-0.1, -0.05) is 0 Å². The number of nitrogens with one attached hydrogen (secondary N) is 1. The summed E-state index contributed by atoms with van der Waals surface area (Å²) in [5, 5.41) is 2.40. The van der Waals surface area contributed by atoms with Crippen molar-refractivity contribution < 1.29 is 19.5 Å². The first-order valence-corrected chi connectivity index (χ1v) is 6.38. The molecule has 6 N–H and O–H groups in total. The standard InChI is InChI=1S/C4H11N2O4PS/c5-3-4(7)6-1-2-12-11(8,9)10/h1-3,5H2,(H3-,6,7,8,9,10)/p+1. The fraction of sp³-hybridized carbons (Fsp3) is 0.750. The molecule has 0 rings (SSSR count). The Kier molecular flexibility index (Phi) is 5.56. The molecule has 0 aromatic heterocycles. The zero-order valence-electron chi connectivity index (χ0n) is 6.30. The van der Waals surface area contributed by atoms with Gasteiger partial charge in [0.15, 0.2) is 5.75 Å². The third kappa shape index (κ3) is 8.06. The first kappa shape index (κ1) is 12.0. The molecule has 0 aromatic carbocycles. The molecule has 0 radical (unpaired) electrons. The Bertz CT molecular complexity index is 195. The Morgan fingerprint density at radius 1 is 1.50 bits per heavy atom. The molecule has 0 fully saturated rings. The SMILES string of the molecule is NCC(=O)NCC[S+]=P(O)(O)O. The zero-order chi connectivity index (χ0) is 9.61. The van der Waals surface area contributed by atoms with Gasteiger partial charge in [0.2, 0.25) is 16.8 Å². The number of nitrogens with two attached hydrogens (primary N) is 1. The zero-order valence-corrected chi connectivity index (χ0v) is 8.01. The van der Waals surface area contributed by atoms with E-state index in [9.17, 15) is 4.79 Å². The average molecular weight is 215 g/mol. The van der Waals surface area contributed by atoms with Gasteiger partial charge in [-0.05, 0) is 0 Å². The van der Waals surface area contributed by atoms with Crippen molar-refractivity contribution in [1.82, 2.24) is 5.32 Å². The van der Waals surface area contributed by atoms with Crippen LogP contribution in [0, 0.1) is 0 Å². The van der Waals surface area contributed by atoms with Crippen molar-refractivity contribution in [1.29, 1.82) is 0 Å². The normalized spacial score (nSPS) is 11.0. The first-order valence-electron chi connectivity index (χ1n) is 3.14. The molecule has 0 heterocycles. The van der Waals surface area contributed by atoms with E-state index in [4.69, 9.17) is 20.4 Å². The Balaban J connectivity index is 3.53. The van der Waals surface area contributed by atoms with Crippen LogP contribution in [0.15, 0.2) is 0 Å². The minimum Gasteiger partial charge on any atom is -0.350 e. The van der Waals surface area contributed by atoms with Crippen LogP contribution < -0.4 is 11.1 Å². The van der Waals surface area contributed by atoms with E-state index in [0.29, 0.717) is 10.9 Å². The molecule has 72 valence electrons. The summed E-state index contributed by atoms with van der Waals surface area (Å²) in [5.41, 5.74) is 4.98. The summed E-state index contributed by atoms with van der Waals surface area (Å²) in [6.07, 6.45) is 0. The molecule has 0 aliphatic rings. The van der Waals surface area contributed by atoms with Gasteiger partial charge in [0.25, 0.3) is 0 Å². The highest BCUT2D eigenvalue weighted by atomic mass is 32.5. The topological polar surface area (TPSA) is 116 Å². The minimum absolute atomic E-state index is 0.0949. The highest BCUT2D eigenvalue weighted by molar-refractivity contribution is 8.16. The summed E-state index contributed by atoms with van der Waals surface area (Å²) in [5.74, 6) is -0.0726. The van der Waals surface area contributed by atoms with E-state index in [-0.39, 0.29) is 24.7 Å². The number of hydrogen-bond donors (Lipinski definition) is 5. The van der Waals surface area contributed by atoms with E-state index in [1.165, 1.54) is 0 Å². The molecule has 0 aromatic rings. The number of carbonyl (C=O) groups is 1. The van der Waals surface area contributed by atoms with Gasteiger partial charge in [-0.15, -0.1) is 0 Å². The van der Waals surface area contributed by atoms with Crippen LogP contribution in [0.4, 0.5) is 0 Å². The van der Waals surface area contributed by atoms with E-state index in [1.54, 1.807) is 0 Å². The molecule has 0 aliphatic heterocycles. The van der Waals surface area contributed by atoms with Crippen LogP contribution in [-0.2, 0) is 15.7 Å². The van der Waals surface area contributed by atoms with Gasteiger partial charge in [0.1, 0.15) is 0 Å². The smallest absolute Gasteiger partial charge is 0.350 e. The Morgan fingerprint density at radius 2 is 2.08 bits per heavy atom. The van der Waals surface area contributed by atoms with Gasteiger partial charge >= 0.3 is 6.72 Å². The highest BCUT2D eigenvalue weighted by Crippen LogP contribution is 2.30. The van der Waals surface area contributed by atoms with Crippen molar-refractivity contribution in [3.05, 3.63) is 0 Å². The van der Waals surface area contributed by atoms with Gasteiger partial charge in [-0.3, -0.25) is 19.5 Å². The van der Waals surface area contributed by atoms with Crippen LogP contribution in [0.3, 0.4) is 0 Å². The second-order valence-electron chi connectivity index (χ2n) is 1.90. The number of amides is 1. The fourth-order valence-electron chi connectivity index (χ4n) is 0.431. The van der Waals surface area contributed by atoms with Crippen molar-refractivity contribution in [3.8, 4) is 0 Å². The van der Waals surface area contributed by atoms with E-state index in [1.807, 2.05) is 0 Å². The summed E-state index contributed by atoms with van der Waals surface area (Å²) in [4.78, 5) is 36.0. The second kappa shape index (κ2) is 5.58. The molecule has 0 atom stereocenters. The van der Waals surface area contributed by atoms with Gasteiger partial charge in [-0.2, -0.15) is 0 Å². The molecule has 0 saturated carbocycles.